The number of rotatable bonds is 4. The van der Waals surface area contributed by atoms with Gasteiger partial charge < -0.3 is 5.32 Å². The molecule has 1 aliphatic carbocycles. The van der Waals surface area contributed by atoms with Crippen LogP contribution in [0.5, 0.6) is 0 Å². The fourth-order valence-corrected chi connectivity index (χ4v) is 2.25. The third kappa shape index (κ3) is 2.37. The first kappa shape index (κ1) is 10.6. The lowest BCUT2D eigenvalue weighted by Gasteiger charge is -2.18. The molecular weight excluding hydrogens is 189 g/mol. The van der Waals surface area contributed by atoms with Crippen LogP contribution in [-0.4, -0.2) is 6.54 Å². The monoisotopic (exact) mass is 207 g/mol. The maximum absolute atomic E-state index is 13.1. The lowest BCUT2D eigenvalue weighted by atomic mass is 10.0. The Morgan fingerprint density at radius 1 is 1.53 bits per heavy atom. The molecule has 15 heavy (non-hydrogen) atoms. The zero-order valence-electron chi connectivity index (χ0n) is 9.33. The van der Waals surface area contributed by atoms with E-state index in [1.54, 1.807) is 12.1 Å². The maximum Gasteiger partial charge on any atom is 0.123 e. The molecule has 3 unspecified atom stereocenters. The van der Waals surface area contributed by atoms with Gasteiger partial charge in [-0.2, -0.15) is 0 Å². The Morgan fingerprint density at radius 2 is 2.27 bits per heavy atom. The molecule has 0 spiro atoms. The predicted octanol–water partition coefficient (Wildman–Crippen LogP) is 3.13. The second kappa shape index (κ2) is 4.31. The van der Waals surface area contributed by atoms with Gasteiger partial charge in [-0.3, -0.25) is 0 Å². The van der Waals surface area contributed by atoms with Gasteiger partial charge in [0.1, 0.15) is 5.82 Å². The van der Waals surface area contributed by atoms with Crippen LogP contribution in [0.4, 0.5) is 4.39 Å². The fourth-order valence-electron chi connectivity index (χ4n) is 2.25. The summed E-state index contributed by atoms with van der Waals surface area (Å²) in [5.74, 6) is 1.33. The summed E-state index contributed by atoms with van der Waals surface area (Å²) in [5, 5.41) is 3.45. The standard InChI is InChI=1S/C13H18FN/c1-3-15-13(12-7-9(12)2)10-5-4-6-11(14)8-10/h4-6,8-9,12-13,15H,3,7H2,1-2H3. The summed E-state index contributed by atoms with van der Waals surface area (Å²) < 4.78 is 13.1. The van der Waals surface area contributed by atoms with E-state index in [4.69, 9.17) is 0 Å². The van der Waals surface area contributed by atoms with Gasteiger partial charge in [0.05, 0.1) is 0 Å². The summed E-state index contributed by atoms with van der Waals surface area (Å²) in [5.41, 5.74) is 1.09. The Balaban J connectivity index is 2.17. The van der Waals surface area contributed by atoms with E-state index in [0.29, 0.717) is 12.0 Å². The minimum atomic E-state index is -0.135. The van der Waals surface area contributed by atoms with E-state index >= 15 is 0 Å². The lowest BCUT2D eigenvalue weighted by Crippen LogP contribution is -2.23. The largest absolute Gasteiger partial charge is 0.310 e. The van der Waals surface area contributed by atoms with Crippen molar-refractivity contribution in [2.24, 2.45) is 11.8 Å². The Labute approximate surface area is 90.7 Å². The van der Waals surface area contributed by atoms with Crippen LogP contribution in [0.3, 0.4) is 0 Å². The number of benzene rings is 1. The topological polar surface area (TPSA) is 12.0 Å². The van der Waals surface area contributed by atoms with E-state index in [0.717, 1.165) is 18.0 Å². The van der Waals surface area contributed by atoms with Gasteiger partial charge >= 0.3 is 0 Å². The summed E-state index contributed by atoms with van der Waals surface area (Å²) in [6.45, 7) is 5.29. The summed E-state index contributed by atoms with van der Waals surface area (Å²) in [4.78, 5) is 0. The molecule has 0 bridgehead atoms. The van der Waals surface area contributed by atoms with Crippen LogP contribution in [0.25, 0.3) is 0 Å². The van der Waals surface area contributed by atoms with Crippen LogP contribution in [0, 0.1) is 17.7 Å². The molecule has 3 atom stereocenters. The summed E-state index contributed by atoms with van der Waals surface area (Å²) in [7, 11) is 0. The third-order valence-electron chi connectivity index (χ3n) is 3.23. The van der Waals surface area contributed by atoms with Gasteiger partial charge in [0.25, 0.3) is 0 Å². The van der Waals surface area contributed by atoms with Crippen molar-refractivity contribution in [2.45, 2.75) is 26.3 Å². The number of nitrogens with one attached hydrogen (secondary N) is 1. The SMILES string of the molecule is CCNC(c1cccc(F)c1)C1CC1C. The fraction of sp³-hybridized carbons (Fsp3) is 0.538. The Hall–Kier alpha value is -0.890. The molecule has 0 heterocycles. The van der Waals surface area contributed by atoms with E-state index < -0.39 is 0 Å². The molecular formula is C13H18FN. The molecule has 2 heteroatoms. The van der Waals surface area contributed by atoms with Crippen molar-refractivity contribution in [3.8, 4) is 0 Å². The lowest BCUT2D eigenvalue weighted by molar-refractivity contribution is 0.472. The van der Waals surface area contributed by atoms with Gasteiger partial charge in [-0.05, 0) is 42.5 Å². The zero-order valence-corrected chi connectivity index (χ0v) is 9.33. The molecule has 1 N–H and O–H groups in total. The first-order valence-corrected chi connectivity index (χ1v) is 5.71. The van der Waals surface area contributed by atoms with Crippen molar-refractivity contribution in [3.63, 3.8) is 0 Å². The highest BCUT2D eigenvalue weighted by Gasteiger charge is 2.39. The van der Waals surface area contributed by atoms with Crippen LogP contribution >= 0.6 is 0 Å². The highest BCUT2D eigenvalue weighted by molar-refractivity contribution is 5.22. The molecule has 2 rings (SSSR count). The molecule has 1 nitrogen and oxygen atoms in total. The Morgan fingerprint density at radius 3 is 2.80 bits per heavy atom. The zero-order chi connectivity index (χ0) is 10.8. The van der Waals surface area contributed by atoms with Crippen molar-refractivity contribution >= 4 is 0 Å². The second-order valence-corrected chi connectivity index (χ2v) is 4.47. The van der Waals surface area contributed by atoms with E-state index in [2.05, 4.69) is 19.2 Å². The normalized spacial score (nSPS) is 26.3. The molecule has 1 saturated carbocycles. The molecule has 0 amide bonds. The molecule has 0 aromatic heterocycles. The van der Waals surface area contributed by atoms with E-state index in [-0.39, 0.29) is 5.82 Å². The van der Waals surface area contributed by atoms with Gasteiger partial charge in [0.15, 0.2) is 0 Å². The quantitative estimate of drug-likeness (QED) is 0.799. The molecule has 1 aromatic rings. The minimum Gasteiger partial charge on any atom is -0.310 e. The highest BCUT2D eigenvalue weighted by Crippen LogP contribution is 2.46. The first-order chi connectivity index (χ1) is 7.22. The molecule has 1 aromatic carbocycles. The Kier molecular flexibility index (Phi) is 3.06. The average Bonchev–Trinajstić information content (AvgIpc) is 2.92. The predicted molar refractivity (Wildman–Crippen MR) is 60.1 cm³/mol. The molecule has 0 saturated heterocycles. The number of halogens is 1. The van der Waals surface area contributed by atoms with Crippen LogP contribution in [0.2, 0.25) is 0 Å². The highest BCUT2D eigenvalue weighted by atomic mass is 19.1. The second-order valence-electron chi connectivity index (χ2n) is 4.47. The first-order valence-electron chi connectivity index (χ1n) is 5.71. The minimum absolute atomic E-state index is 0.135. The molecule has 1 aliphatic rings. The van der Waals surface area contributed by atoms with Gasteiger partial charge in [-0.1, -0.05) is 26.0 Å². The van der Waals surface area contributed by atoms with Gasteiger partial charge in [-0.15, -0.1) is 0 Å². The molecule has 82 valence electrons. The van der Waals surface area contributed by atoms with Crippen molar-refractivity contribution < 1.29 is 4.39 Å². The van der Waals surface area contributed by atoms with Crippen molar-refractivity contribution in [1.29, 1.82) is 0 Å². The van der Waals surface area contributed by atoms with E-state index in [1.165, 1.54) is 12.5 Å². The van der Waals surface area contributed by atoms with Gasteiger partial charge in [-0.25, -0.2) is 4.39 Å². The van der Waals surface area contributed by atoms with Crippen LogP contribution in [0.1, 0.15) is 31.9 Å². The number of hydrogen-bond acceptors (Lipinski definition) is 1. The summed E-state index contributed by atoms with van der Waals surface area (Å²) in [6, 6.07) is 7.30. The molecule has 0 radical (unpaired) electrons. The Bertz CT molecular complexity index is 337. The number of hydrogen-bond donors (Lipinski definition) is 1. The van der Waals surface area contributed by atoms with Crippen molar-refractivity contribution in [2.75, 3.05) is 6.54 Å². The molecule has 0 aliphatic heterocycles. The van der Waals surface area contributed by atoms with Gasteiger partial charge in [0, 0.05) is 6.04 Å². The van der Waals surface area contributed by atoms with Gasteiger partial charge in [0.2, 0.25) is 0 Å². The smallest absolute Gasteiger partial charge is 0.123 e. The average molecular weight is 207 g/mol. The van der Waals surface area contributed by atoms with E-state index in [1.807, 2.05) is 6.07 Å². The van der Waals surface area contributed by atoms with Crippen LogP contribution < -0.4 is 5.32 Å². The maximum atomic E-state index is 13.1. The van der Waals surface area contributed by atoms with Crippen LogP contribution in [0.15, 0.2) is 24.3 Å². The van der Waals surface area contributed by atoms with Crippen molar-refractivity contribution in [3.05, 3.63) is 35.6 Å². The van der Waals surface area contributed by atoms with Crippen LogP contribution in [-0.2, 0) is 0 Å². The molecule has 1 fully saturated rings. The summed E-state index contributed by atoms with van der Waals surface area (Å²) >= 11 is 0. The van der Waals surface area contributed by atoms with E-state index in [9.17, 15) is 4.39 Å². The third-order valence-corrected chi connectivity index (χ3v) is 3.23. The summed E-state index contributed by atoms with van der Waals surface area (Å²) in [6.07, 6.45) is 1.26. The van der Waals surface area contributed by atoms with Crippen molar-refractivity contribution in [1.82, 2.24) is 5.32 Å².